The van der Waals surface area contributed by atoms with Crippen LogP contribution >= 0.6 is 7.14 Å². The second kappa shape index (κ2) is 4.34. The molecule has 0 spiro atoms. The Morgan fingerprint density at radius 2 is 1.84 bits per heavy atom. The van der Waals surface area contributed by atoms with Gasteiger partial charge in [-0.3, -0.25) is 10.1 Å². The molecule has 0 radical (unpaired) electrons. The Balaban J connectivity index is 2.16. The molecule has 19 heavy (non-hydrogen) atoms. The molecule has 0 heterocycles. The molecular weight excluding hydrogens is 265 g/mol. The van der Waals surface area contributed by atoms with E-state index >= 15 is 0 Å². The van der Waals surface area contributed by atoms with Gasteiger partial charge < -0.3 is 9.30 Å². The van der Waals surface area contributed by atoms with Crippen LogP contribution < -0.4 is 10.0 Å². The van der Waals surface area contributed by atoms with E-state index in [9.17, 15) is 14.7 Å². The lowest BCUT2D eigenvalue weighted by Crippen LogP contribution is -2.16. The maximum absolute atomic E-state index is 13.4. The number of hydrogen-bond donors (Lipinski definition) is 0. The highest BCUT2D eigenvalue weighted by molar-refractivity contribution is 7.73. The van der Waals surface area contributed by atoms with Gasteiger partial charge >= 0.3 is 5.69 Å². The van der Waals surface area contributed by atoms with Crippen molar-refractivity contribution in [1.29, 1.82) is 0 Å². The van der Waals surface area contributed by atoms with Crippen molar-refractivity contribution < 1.29 is 14.2 Å². The van der Waals surface area contributed by atoms with Crippen LogP contribution in [-0.4, -0.2) is 23.4 Å². The summed E-state index contributed by atoms with van der Waals surface area (Å²) in [5, 5.41) is 11.7. The molecule has 1 aromatic carbocycles. The van der Waals surface area contributed by atoms with E-state index in [0.717, 1.165) is 25.7 Å². The molecule has 2 saturated carbocycles. The first-order valence-electron chi connectivity index (χ1n) is 6.50. The van der Waals surface area contributed by atoms with E-state index in [2.05, 4.69) is 0 Å². The van der Waals surface area contributed by atoms with Crippen LogP contribution in [0.3, 0.4) is 0 Å². The molecule has 3 rings (SSSR count). The third kappa shape index (κ3) is 1.96. The molecule has 0 amide bonds. The van der Waals surface area contributed by atoms with E-state index in [4.69, 9.17) is 4.74 Å². The van der Waals surface area contributed by atoms with Gasteiger partial charge in [-0.15, -0.1) is 0 Å². The predicted molar refractivity (Wildman–Crippen MR) is 72.9 cm³/mol. The van der Waals surface area contributed by atoms with Crippen LogP contribution in [0.25, 0.3) is 0 Å². The Morgan fingerprint density at radius 3 is 2.26 bits per heavy atom. The molecule has 2 aliphatic rings. The number of nitro benzene ring substituents is 1. The summed E-state index contributed by atoms with van der Waals surface area (Å²) in [5.74, 6) is 0.203. The zero-order valence-electron chi connectivity index (χ0n) is 10.7. The zero-order chi connectivity index (χ0) is 13.6. The summed E-state index contributed by atoms with van der Waals surface area (Å²) < 4.78 is 18.6. The van der Waals surface area contributed by atoms with Gasteiger partial charge in [0.2, 0.25) is 5.75 Å². The fraction of sp³-hybridized carbons (Fsp3) is 0.538. The van der Waals surface area contributed by atoms with E-state index in [1.807, 2.05) is 0 Å². The summed E-state index contributed by atoms with van der Waals surface area (Å²) in [6, 6.07) is 4.78. The summed E-state index contributed by atoms with van der Waals surface area (Å²) >= 11 is 0. The molecule has 0 aliphatic heterocycles. The van der Waals surface area contributed by atoms with Crippen molar-refractivity contribution in [3.8, 4) is 5.75 Å². The lowest BCUT2D eigenvalue weighted by Gasteiger charge is -2.20. The van der Waals surface area contributed by atoms with Gasteiger partial charge in [0.15, 0.2) is 0 Å². The van der Waals surface area contributed by atoms with Crippen LogP contribution in [0, 0.1) is 10.1 Å². The van der Waals surface area contributed by atoms with Crippen molar-refractivity contribution in [2.45, 2.75) is 37.0 Å². The number of hydrogen-bond acceptors (Lipinski definition) is 4. The molecule has 2 aliphatic carbocycles. The molecule has 0 N–H and O–H groups in total. The lowest BCUT2D eigenvalue weighted by atomic mass is 10.3. The topological polar surface area (TPSA) is 69.4 Å². The highest BCUT2D eigenvalue weighted by Gasteiger charge is 2.53. The highest BCUT2D eigenvalue weighted by atomic mass is 31.2. The van der Waals surface area contributed by atoms with Gasteiger partial charge in [-0.1, -0.05) is 6.07 Å². The van der Waals surface area contributed by atoms with Crippen LogP contribution in [0.5, 0.6) is 5.75 Å². The molecule has 0 bridgehead atoms. The maximum atomic E-state index is 13.4. The lowest BCUT2D eigenvalue weighted by molar-refractivity contribution is -0.385. The molecule has 0 unspecified atom stereocenters. The average molecular weight is 281 g/mol. The fourth-order valence-electron chi connectivity index (χ4n) is 2.75. The fourth-order valence-corrected chi connectivity index (χ4v) is 6.81. The number of benzene rings is 1. The molecule has 102 valence electrons. The zero-order valence-corrected chi connectivity index (χ0v) is 11.6. The first-order valence-corrected chi connectivity index (χ1v) is 8.35. The number of nitrogens with zero attached hydrogens (tertiary/aromatic N) is 1. The number of para-hydroxylation sites is 1. The first kappa shape index (κ1) is 12.7. The predicted octanol–water partition coefficient (Wildman–Crippen LogP) is 2.92. The Hall–Kier alpha value is -1.35. The van der Waals surface area contributed by atoms with E-state index in [-0.39, 0.29) is 22.8 Å². The van der Waals surface area contributed by atoms with Crippen LogP contribution in [-0.2, 0) is 4.57 Å². The Bertz CT molecular complexity index is 562. The number of ether oxygens (including phenoxy) is 1. The van der Waals surface area contributed by atoms with Gasteiger partial charge in [0.25, 0.3) is 0 Å². The van der Waals surface area contributed by atoms with E-state index in [0.29, 0.717) is 5.30 Å². The normalized spacial score (nSPS) is 19.2. The summed E-state index contributed by atoms with van der Waals surface area (Å²) in [7, 11) is -1.13. The van der Waals surface area contributed by atoms with Crippen molar-refractivity contribution in [3.63, 3.8) is 0 Å². The van der Waals surface area contributed by atoms with Crippen molar-refractivity contribution in [1.82, 2.24) is 0 Å². The quantitative estimate of drug-likeness (QED) is 0.472. The van der Waals surface area contributed by atoms with Crippen molar-refractivity contribution >= 4 is 18.1 Å². The highest BCUT2D eigenvalue weighted by Crippen LogP contribution is 2.70. The monoisotopic (exact) mass is 281 g/mol. The SMILES string of the molecule is COc1c([N+](=O)[O-])cccc1P(=O)(C1CC1)C1CC1. The van der Waals surface area contributed by atoms with Crippen molar-refractivity contribution in [2.24, 2.45) is 0 Å². The Labute approximate surface area is 111 Å². The van der Waals surface area contributed by atoms with Gasteiger partial charge in [0, 0.05) is 17.4 Å². The number of methoxy groups -OCH3 is 1. The van der Waals surface area contributed by atoms with Crippen LogP contribution in [0.15, 0.2) is 18.2 Å². The molecule has 0 atom stereocenters. The largest absolute Gasteiger partial charge is 0.490 e. The van der Waals surface area contributed by atoms with E-state index < -0.39 is 12.1 Å². The molecule has 0 aromatic heterocycles. The van der Waals surface area contributed by atoms with Gasteiger partial charge in [-0.25, -0.2) is 0 Å². The minimum atomic E-state index is -2.54. The molecule has 2 fully saturated rings. The molecular formula is C13H16NO4P. The average Bonchev–Trinajstić information content (AvgIpc) is 3.28. The molecule has 0 saturated heterocycles. The summed E-state index contributed by atoms with van der Waals surface area (Å²) in [5.41, 5.74) is 0.355. The Kier molecular flexibility index (Phi) is 2.90. The Morgan fingerprint density at radius 1 is 1.26 bits per heavy atom. The van der Waals surface area contributed by atoms with Gasteiger partial charge in [0.05, 0.1) is 17.3 Å². The summed E-state index contributed by atoms with van der Waals surface area (Å²) in [6.45, 7) is 0. The maximum Gasteiger partial charge on any atom is 0.311 e. The first-order chi connectivity index (χ1) is 9.09. The van der Waals surface area contributed by atoms with Gasteiger partial charge in [-0.2, -0.15) is 0 Å². The minimum absolute atomic E-state index is 0.0819. The third-order valence-electron chi connectivity index (χ3n) is 3.93. The number of nitro groups is 1. The molecule has 6 heteroatoms. The van der Waals surface area contributed by atoms with E-state index in [1.54, 1.807) is 12.1 Å². The van der Waals surface area contributed by atoms with E-state index in [1.165, 1.54) is 13.2 Å². The van der Waals surface area contributed by atoms with Crippen molar-refractivity contribution in [2.75, 3.05) is 7.11 Å². The second-order valence-corrected chi connectivity index (χ2v) is 8.62. The smallest absolute Gasteiger partial charge is 0.311 e. The van der Waals surface area contributed by atoms with Gasteiger partial charge in [-0.05, 0) is 31.7 Å². The van der Waals surface area contributed by atoms with Crippen LogP contribution in [0.2, 0.25) is 0 Å². The van der Waals surface area contributed by atoms with Crippen LogP contribution in [0.1, 0.15) is 25.7 Å². The summed E-state index contributed by atoms with van der Waals surface area (Å²) in [4.78, 5) is 10.6. The molecule has 1 aromatic rings. The van der Waals surface area contributed by atoms with Gasteiger partial charge in [0.1, 0.15) is 7.14 Å². The number of rotatable bonds is 5. The summed E-state index contributed by atoms with van der Waals surface area (Å²) in [6.07, 6.45) is 3.89. The standard InChI is InChI=1S/C13H16NO4P/c1-18-13-11(14(15)16)3-2-4-12(13)19(17,9-5-6-9)10-7-8-10/h2-4,9-10H,5-8H2,1H3. The molecule has 5 nitrogen and oxygen atoms in total. The van der Waals surface area contributed by atoms with Crippen molar-refractivity contribution in [3.05, 3.63) is 28.3 Å². The second-order valence-electron chi connectivity index (χ2n) is 5.26. The third-order valence-corrected chi connectivity index (χ3v) is 8.24. The minimum Gasteiger partial charge on any atom is -0.490 e. The van der Waals surface area contributed by atoms with Crippen LogP contribution in [0.4, 0.5) is 5.69 Å².